The second kappa shape index (κ2) is 8.59. The molecule has 2 aromatic heterocycles. The number of fused-ring (bicyclic) bond motifs is 1. The summed E-state index contributed by atoms with van der Waals surface area (Å²) in [5.74, 6) is 1.25. The highest BCUT2D eigenvalue weighted by atomic mass is 35.5. The average molecular weight is 424 g/mol. The third-order valence-corrected chi connectivity index (χ3v) is 5.37. The predicted molar refractivity (Wildman–Crippen MR) is 119 cm³/mol. The van der Waals surface area contributed by atoms with Crippen molar-refractivity contribution >= 4 is 46.1 Å². The van der Waals surface area contributed by atoms with Gasteiger partial charge in [-0.25, -0.2) is 0 Å². The van der Waals surface area contributed by atoms with E-state index in [-0.39, 0.29) is 5.56 Å². The summed E-state index contributed by atoms with van der Waals surface area (Å²) in [4.78, 5) is 17.7. The van der Waals surface area contributed by atoms with Crippen molar-refractivity contribution < 1.29 is 4.74 Å². The van der Waals surface area contributed by atoms with E-state index >= 15 is 0 Å². The molecule has 2 heterocycles. The van der Waals surface area contributed by atoms with Crippen molar-refractivity contribution in [2.45, 2.75) is 13.3 Å². The standard InChI is InChI=1S/C22H18ClN3O2S/c1-2-13-28-18-6-4-3-5-16(18)14-19-21(27)26-22(29-19)24-20(25-26)12-9-15-7-10-17(23)11-8-15/h3-12,14H,2,13H2,1H3/b12-9+,19-14-. The highest BCUT2D eigenvalue weighted by Gasteiger charge is 2.10. The molecule has 0 amide bonds. The summed E-state index contributed by atoms with van der Waals surface area (Å²) in [6.07, 6.45) is 6.41. The first-order chi connectivity index (χ1) is 14.1. The molecule has 7 heteroatoms. The van der Waals surface area contributed by atoms with Gasteiger partial charge in [0.15, 0.2) is 5.82 Å². The Hall–Kier alpha value is -2.96. The molecule has 0 spiro atoms. The predicted octanol–water partition coefficient (Wildman–Crippen LogP) is 4.31. The number of aromatic nitrogens is 3. The number of hydrogen-bond acceptors (Lipinski definition) is 5. The minimum atomic E-state index is -0.186. The van der Waals surface area contributed by atoms with Crippen molar-refractivity contribution in [1.29, 1.82) is 0 Å². The van der Waals surface area contributed by atoms with Gasteiger partial charge in [0, 0.05) is 10.6 Å². The molecule has 0 N–H and O–H groups in total. The van der Waals surface area contributed by atoms with Crippen LogP contribution in [-0.2, 0) is 0 Å². The Balaban J connectivity index is 1.65. The molecule has 0 aliphatic heterocycles. The Kier molecular flexibility index (Phi) is 5.74. The normalized spacial score (nSPS) is 12.3. The highest BCUT2D eigenvalue weighted by molar-refractivity contribution is 7.15. The first-order valence-corrected chi connectivity index (χ1v) is 10.4. The van der Waals surface area contributed by atoms with E-state index in [1.165, 1.54) is 15.9 Å². The Morgan fingerprint density at radius 1 is 1.14 bits per heavy atom. The summed E-state index contributed by atoms with van der Waals surface area (Å²) in [5, 5.41) is 5.00. The fraction of sp³-hybridized carbons (Fsp3) is 0.136. The Morgan fingerprint density at radius 2 is 1.93 bits per heavy atom. The second-order valence-corrected chi connectivity index (χ2v) is 7.80. The van der Waals surface area contributed by atoms with Crippen LogP contribution >= 0.6 is 22.9 Å². The van der Waals surface area contributed by atoms with E-state index in [1.807, 2.05) is 60.7 Å². The zero-order chi connectivity index (χ0) is 20.2. The topological polar surface area (TPSA) is 56.5 Å². The van der Waals surface area contributed by atoms with E-state index in [0.717, 1.165) is 23.3 Å². The third-order valence-electron chi connectivity index (χ3n) is 4.16. The van der Waals surface area contributed by atoms with Gasteiger partial charge >= 0.3 is 0 Å². The van der Waals surface area contributed by atoms with Crippen molar-refractivity contribution in [2.24, 2.45) is 0 Å². The number of benzene rings is 2. The van der Waals surface area contributed by atoms with Crippen LogP contribution in [0.3, 0.4) is 0 Å². The molecule has 0 atom stereocenters. The van der Waals surface area contributed by atoms with Crippen LogP contribution in [0.25, 0.3) is 23.2 Å². The zero-order valence-corrected chi connectivity index (χ0v) is 17.3. The minimum Gasteiger partial charge on any atom is -0.493 e. The average Bonchev–Trinajstić information content (AvgIpc) is 3.26. The first kappa shape index (κ1) is 19.4. The van der Waals surface area contributed by atoms with Gasteiger partial charge in [0.2, 0.25) is 4.96 Å². The van der Waals surface area contributed by atoms with E-state index in [0.29, 0.717) is 26.9 Å². The molecule has 146 valence electrons. The molecule has 0 unspecified atom stereocenters. The molecule has 0 saturated carbocycles. The molecule has 5 nitrogen and oxygen atoms in total. The Labute approximate surface area is 176 Å². The van der Waals surface area contributed by atoms with Crippen LogP contribution in [-0.4, -0.2) is 21.2 Å². The quantitative estimate of drug-likeness (QED) is 0.463. The fourth-order valence-electron chi connectivity index (χ4n) is 2.75. The molecular formula is C22H18ClN3O2S. The highest BCUT2D eigenvalue weighted by Crippen LogP contribution is 2.19. The lowest BCUT2D eigenvalue weighted by Crippen LogP contribution is -2.23. The van der Waals surface area contributed by atoms with Gasteiger partial charge < -0.3 is 4.74 Å². The van der Waals surface area contributed by atoms with Gasteiger partial charge in [0.05, 0.1) is 11.1 Å². The van der Waals surface area contributed by atoms with Crippen molar-refractivity contribution in [3.63, 3.8) is 0 Å². The molecular weight excluding hydrogens is 406 g/mol. The summed E-state index contributed by atoms with van der Waals surface area (Å²) in [6.45, 7) is 2.69. The number of nitrogens with zero attached hydrogens (tertiary/aromatic N) is 3. The lowest BCUT2D eigenvalue weighted by atomic mass is 10.2. The Morgan fingerprint density at radius 3 is 2.69 bits per heavy atom. The van der Waals surface area contributed by atoms with Crippen LogP contribution in [0.15, 0.2) is 53.3 Å². The van der Waals surface area contributed by atoms with Gasteiger partial charge in [-0.15, -0.1) is 5.10 Å². The van der Waals surface area contributed by atoms with Crippen LogP contribution in [0.5, 0.6) is 5.75 Å². The third kappa shape index (κ3) is 4.39. The lowest BCUT2D eigenvalue weighted by Gasteiger charge is -2.07. The van der Waals surface area contributed by atoms with Gasteiger partial charge in [-0.05, 0) is 42.3 Å². The Bertz CT molecular complexity index is 1280. The molecule has 0 radical (unpaired) electrons. The molecule has 0 fully saturated rings. The van der Waals surface area contributed by atoms with E-state index < -0.39 is 0 Å². The first-order valence-electron chi connectivity index (χ1n) is 9.21. The SMILES string of the molecule is CCCOc1ccccc1/C=c1\sc2nc(/C=C/c3ccc(Cl)cc3)nn2c1=O. The molecule has 29 heavy (non-hydrogen) atoms. The molecule has 0 aliphatic carbocycles. The number of thiazole rings is 1. The minimum absolute atomic E-state index is 0.186. The largest absolute Gasteiger partial charge is 0.493 e. The number of hydrogen-bond donors (Lipinski definition) is 0. The van der Waals surface area contributed by atoms with Crippen molar-refractivity contribution in [3.05, 3.63) is 85.4 Å². The fourth-order valence-corrected chi connectivity index (χ4v) is 3.78. The molecule has 2 aromatic carbocycles. The molecule has 4 rings (SSSR count). The second-order valence-electron chi connectivity index (χ2n) is 6.35. The smallest absolute Gasteiger partial charge is 0.291 e. The van der Waals surface area contributed by atoms with Crippen LogP contribution in [0.2, 0.25) is 5.02 Å². The van der Waals surface area contributed by atoms with Gasteiger partial charge in [0.25, 0.3) is 5.56 Å². The van der Waals surface area contributed by atoms with E-state index in [9.17, 15) is 4.79 Å². The summed E-state index contributed by atoms with van der Waals surface area (Å²) in [6, 6.07) is 15.1. The van der Waals surface area contributed by atoms with Crippen LogP contribution in [0.4, 0.5) is 0 Å². The van der Waals surface area contributed by atoms with Crippen LogP contribution in [0, 0.1) is 0 Å². The maximum Gasteiger partial charge on any atom is 0.291 e. The van der Waals surface area contributed by atoms with Crippen molar-refractivity contribution in [2.75, 3.05) is 6.61 Å². The summed E-state index contributed by atoms with van der Waals surface area (Å²) in [7, 11) is 0. The molecule has 0 bridgehead atoms. The molecule has 4 aromatic rings. The van der Waals surface area contributed by atoms with Crippen molar-refractivity contribution in [3.8, 4) is 5.75 Å². The van der Waals surface area contributed by atoms with Crippen LogP contribution in [0.1, 0.15) is 30.3 Å². The van der Waals surface area contributed by atoms with Gasteiger partial charge in [-0.3, -0.25) is 4.79 Å². The lowest BCUT2D eigenvalue weighted by molar-refractivity contribution is 0.317. The summed E-state index contributed by atoms with van der Waals surface area (Å²) in [5.41, 5.74) is 1.66. The van der Waals surface area contributed by atoms with Gasteiger partial charge in [-0.1, -0.05) is 66.3 Å². The number of halogens is 1. The number of ether oxygens (including phenoxy) is 1. The summed E-state index contributed by atoms with van der Waals surface area (Å²) >= 11 is 7.21. The van der Waals surface area contributed by atoms with Gasteiger partial charge in [0.1, 0.15) is 5.75 Å². The number of rotatable bonds is 6. The molecule has 0 aliphatic rings. The maximum atomic E-state index is 12.7. The van der Waals surface area contributed by atoms with Gasteiger partial charge in [-0.2, -0.15) is 9.50 Å². The summed E-state index contributed by atoms with van der Waals surface area (Å²) < 4.78 is 7.68. The van der Waals surface area contributed by atoms with E-state index in [2.05, 4.69) is 17.0 Å². The van der Waals surface area contributed by atoms with E-state index in [4.69, 9.17) is 16.3 Å². The number of para-hydroxylation sites is 1. The maximum absolute atomic E-state index is 12.7. The van der Waals surface area contributed by atoms with E-state index in [1.54, 1.807) is 6.08 Å². The zero-order valence-electron chi connectivity index (χ0n) is 15.7. The molecule has 0 saturated heterocycles. The van der Waals surface area contributed by atoms with Crippen LogP contribution < -0.4 is 14.8 Å². The van der Waals surface area contributed by atoms with Crippen molar-refractivity contribution in [1.82, 2.24) is 14.6 Å². The monoisotopic (exact) mass is 423 g/mol.